The Morgan fingerprint density at radius 1 is 0.510 bits per heavy atom. The van der Waals surface area contributed by atoms with Crippen molar-refractivity contribution in [2.75, 3.05) is 26.4 Å². The number of hydrogen-bond acceptors (Lipinski definition) is 21. The van der Waals surface area contributed by atoms with E-state index in [1.54, 1.807) is 0 Å². The number of carbonyl (C=O) groups excluding carboxylic acids is 2. The van der Waals surface area contributed by atoms with Gasteiger partial charge in [-0.3, -0.25) is 9.59 Å². The maximum Gasteiger partial charge on any atom is 0.217 e. The van der Waals surface area contributed by atoms with Gasteiger partial charge < -0.3 is 105 Å². The second-order valence-electron chi connectivity index (χ2n) is 12.7. The number of nitrogens with one attached hydrogen (secondary N) is 2. The van der Waals surface area contributed by atoms with Gasteiger partial charge in [-0.25, -0.2) is 0 Å². The first-order valence-corrected chi connectivity index (χ1v) is 16.1. The molecule has 23 heteroatoms. The fraction of sp³-hybridized carbons (Fsp3) is 0.929. The Balaban J connectivity index is 1.49. The van der Waals surface area contributed by atoms with Crippen LogP contribution in [0.25, 0.3) is 0 Å². The van der Waals surface area contributed by atoms with Crippen LogP contribution in [-0.4, -0.2) is 222 Å². The summed E-state index contributed by atoms with van der Waals surface area (Å²) >= 11 is 0. The number of carbonyl (C=O) groups is 2. The Labute approximate surface area is 289 Å². The molecule has 0 aromatic carbocycles. The Morgan fingerprint density at radius 2 is 1.00 bits per heavy atom. The normalized spacial score (nSPS) is 47.8. The van der Waals surface area contributed by atoms with E-state index < -0.39 is 161 Å². The highest BCUT2D eigenvalue weighted by Crippen LogP contribution is 2.32. The summed E-state index contributed by atoms with van der Waals surface area (Å²) in [5.41, 5.74) is 0. The first-order chi connectivity index (χ1) is 24.0. The monoisotopic (exact) mass is 748 g/mol. The van der Waals surface area contributed by atoms with Gasteiger partial charge in [0.2, 0.25) is 11.8 Å². The smallest absolute Gasteiger partial charge is 0.217 e. The number of rotatable bonds is 12. The fourth-order valence-electron chi connectivity index (χ4n) is 6.25. The van der Waals surface area contributed by atoms with Gasteiger partial charge >= 0.3 is 0 Å². The van der Waals surface area contributed by atoms with Crippen LogP contribution in [0.4, 0.5) is 0 Å². The number of ether oxygens (including phenoxy) is 7. The average Bonchev–Trinajstić information content (AvgIpc) is 3.08. The molecule has 0 radical (unpaired) electrons. The summed E-state index contributed by atoms with van der Waals surface area (Å²) in [5.74, 6) is -1.39. The van der Waals surface area contributed by atoms with E-state index in [-0.39, 0.29) is 0 Å². The minimum Gasteiger partial charge on any atom is -0.394 e. The van der Waals surface area contributed by atoms with E-state index in [4.69, 9.17) is 33.2 Å². The van der Waals surface area contributed by atoms with E-state index in [0.29, 0.717) is 0 Å². The number of amides is 2. The molecule has 0 aromatic heterocycles. The SMILES string of the molecule is CC(=O)N[C@H]1[C@H](OC[C@H]2OC(O)[C@H](O)[C@@H](O[C@@H]3O[C@H](CO)[C@@H](O)[C@H](O)[C@H]3NC(C)=O)[C@H]2O)O[C@H](CO)[C@@H](O[C@@H]2O[C@H](CO)[C@H](O)[C@H](O)[C@H]2O)[C@@H]1O. The molecule has 20 atom stereocenters. The van der Waals surface area contributed by atoms with Gasteiger partial charge in [0.15, 0.2) is 25.2 Å². The predicted molar refractivity (Wildman–Crippen MR) is 157 cm³/mol. The zero-order valence-electron chi connectivity index (χ0n) is 27.4. The van der Waals surface area contributed by atoms with Crippen LogP contribution in [0.2, 0.25) is 0 Å². The van der Waals surface area contributed by atoms with E-state index in [2.05, 4.69) is 10.6 Å². The number of aliphatic hydroxyl groups excluding tert-OH is 12. The lowest BCUT2D eigenvalue weighted by atomic mass is 9.95. The van der Waals surface area contributed by atoms with Crippen LogP contribution in [0.1, 0.15) is 13.8 Å². The zero-order valence-corrected chi connectivity index (χ0v) is 27.4. The third kappa shape index (κ3) is 9.29. The van der Waals surface area contributed by atoms with Crippen LogP contribution in [0.5, 0.6) is 0 Å². The molecule has 0 spiro atoms. The lowest BCUT2D eigenvalue weighted by Gasteiger charge is -2.48. The van der Waals surface area contributed by atoms with Gasteiger partial charge in [0.05, 0.1) is 26.4 Å². The van der Waals surface area contributed by atoms with E-state index in [9.17, 15) is 70.9 Å². The predicted octanol–water partition coefficient (Wildman–Crippen LogP) is -9.46. The Morgan fingerprint density at radius 3 is 1.55 bits per heavy atom. The second-order valence-corrected chi connectivity index (χ2v) is 12.7. The van der Waals surface area contributed by atoms with Crippen molar-refractivity contribution in [1.29, 1.82) is 0 Å². The van der Waals surface area contributed by atoms with Crippen molar-refractivity contribution in [3.05, 3.63) is 0 Å². The summed E-state index contributed by atoms with van der Waals surface area (Å²) in [6, 6.07) is -2.97. The largest absolute Gasteiger partial charge is 0.394 e. The van der Waals surface area contributed by atoms with Crippen LogP contribution in [-0.2, 0) is 42.7 Å². The van der Waals surface area contributed by atoms with Crippen molar-refractivity contribution >= 4 is 11.8 Å². The van der Waals surface area contributed by atoms with Crippen LogP contribution in [0, 0.1) is 0 Å². The van der Waals surface area contributed by atoms with Crippen LogP contribution in [0.15, 0.2) is 0 Å². The molecule has 51 heavy (non-hydrogen) atoms. The van der Waals surface area contributed by atoms with Gasteiger partial charge in [0.1, 0.15) is 97.5 Å². The minimum absolute atomic E-state index is 0.685. The molecule has 0 bridgehead atoms. The molecule has 4 rings (SSSR count). The summed E-state index contributed by atoms with van der Waals surface area (Å²) in [6.07, 6.45) is -30.8. The van der Waals surface area contributed by atoms with E-state index >= 15 is 0 Å². The Bertz CT molecular complexity index is 1140. The van der Waals surface area contributed by atoms with Crippen molar-refractivity contribution in [3.8, 4) is 0 Å². The van der Waals surface area contributed by atoms with Crippen LogP contribution >= 0.6 is 0 Å². The molecule has 2 amide bonds. The molecule has 23 nitrogen and oxygen atoms in total. The topological polar surface area (TPSA) is 366 Å². The highest BCUT2D eigenvalue weighted by Gasteiger charge is 2.54. The lowest BCUT2D eigenvalue weighted by molar-refractivity contribution is -0.358. The summed E-state index contributed by atoms with van der Waals surface area (Å²) in [7, 11) is 0. The third-order valence-electron chi connectivity index (χ3n) is 8.99. The quantitative estimate of drug-likeness (QED) is 0.0881. The van der Waals surface area contributed by atoms with Gasteiger partial charge in [0, 0.05) is 13.8 Å². The first kappa shape index (κ1) is 41.9. The molecule has 0 aromatic rings. The maximum absolute atomic E-state index is 12.1. The lowest BCUT2D eigenvalue weighted by Crippen LogP contribution is -2.68. The molecular formula is C28H48N2O21. The Kier molecular flexibility index (Phi) is 14.8. The van der Waals surface area contributed by atoms with Gasteiger partial charge in [-0.05, 0) is 0 Å². The summed E-state index contributed by atoms with van der Waals surface area (Å²) in [6.45, 7) is -0.978. The molecule has 0 aliphatic carbocycles. The first-order valence-electron chi connectivity index (χ1n) is 16.1. The highest BCUT2D eigenvalue weighted by molar-refractivity contribution is 5.73. The van der Waals surface area contributed by atoms with Gasteiger partial charge in [-0.2, -0.15) is 0 Å². The van der Waals surface area contributed by atoms with Crippen molar-refractivity contribution in [3.63, 3.8) is 0 Å². The second kappa shape index (κ2) is 18.0. The van der Waals surface area contributed by atoms with E-state index in [0.717, 1.165) is 13.8 Å². The number of aliphatic hydroxyl groups is 12. The molecule has 4 aliphatic rings. The molecule has 4 saturated heterocycles. The molecular weight excluding hydrogens is 700 g/mol. The van der Waals surface area contributed by atoms with Crippen LogP contribution in [0.3, 0.4) is 0 Å². The van der Waals surface area contributed by atoms with E-state index in [1.165, 1.54) is 0 Å². The Hall–Kier alpha value is -1.82. The van der Waals surface area contributed by atoms with Crippen LogP contribution < -0.4 is 10.6 Å². The molecule has 4 aliphatic heterocycles. The minimum atomic E-state index is -2.04. The third-order valence-corrected chi connectivity index (χ3v) is 8.99. The van der Waals surface area contributed by atoms with Gasteiger partial charge in [-0.15, -0.1) is 0 Å². The molecule has 0 saturated carbocycles. The van der Waals surface area contributed by atoms with Crippen molar-refractivity contribution in [2.45, 2.75) is 137 Å². The molecule has 4 fully saturated rings. The number of hydrogen-bond donors (Lipinski definition) is 14. The molecule has 14 N–H and O–H groups in total. The van der Waals surface area contributed by atoms with E-state index in [1.807, 2.05) is 0 Å². The summed E-state index contributed by atoms with van der Waals surface area (Å²) < 4.78 is 38.9. The van der Waals surface area contributed by atoms with Gasteiger partial charge in [-0.1, -0.05) is 0 Å². The fourth-order valence-corrected chi connectivity index (χ4v) is 6.25. The highest BCUT2D eigenvalue weighted by atomic mass is 16.7. The van der Waals surface area contributed by atoms with Gasteiger partial charge in [0.25, 0.3) is 0 Å². The molecule has 296 valence electrons. The molecule has 4 heterocycles. The zero-order chi connectivity index (χ0) is 37.9. The van der Waals surface area contributed by atoms with Crippen molar-refractivity contribution in [1.82, 2.24) is 10.6 Å². The standard InChI is InChI=1S/C28H48N2O21/c1-7(34)29-13-18(39)15(36)9(3-31)47-27(13)51-24-17(38)12(46-25(44)22(24)43)6-45-26-14(30-8(2)35)19(40)23(11(5-33)49-26)50-28-21(42)20(41)16(37)10(4-32)48-28/h9-28,31-33,36-44H,3-6H2,1-2H3,(H,29,34)(H,30,35)/t9-,10-,11-,12-,13-,14-,15-,16+,17+,18-,19-,20+,21-,22-,23-,24+,25?,26-,27+,28+/m1/s1. The average molecular weight is 749 g/mol. The summed E-state index contributed by atoms with van der Waals surface area (Å²) in [4.78, 5) is 23.9. The summed E-state index contributed by atoms with van der Waals surface area (Å²) in [5, 5.41) is 129. The molecule has 1 unspecified atom stereocenters. The van der Waals surface area contributed by atoms with Crippen molar-refractivity contribution < 1.29 is 104 Å². The maximum atomic E-state index is 12.1. The van der Waals surface area contributed by atoms with Crippen molar-refractivity contribution in [2.24, 2.45) is 0 Å².